The standard InChI is InChI=1S/C27H19FN2O2S2/c1-17-11-13-18(14-12-17)21-15-33-25-24(21)26(32)30(19-7-3-2-4-8-19)27(29-25)34-16-23(31)20-9-5-6-10-22(20)28/h2-15H,16H2,1H3. The fourth-order valence-electron chi connectivity index (χ4n) is 3.71. The van der Waals surface area contributed by atoms with Crippen molar-refractivity contribution in [3.8, 4) is 16.8 Å². The lowest BCUT2D eigenvalue weighted by Crippen LogP contribution is -2.22. The molecule has 5 aromatic rings. The zero-order chi connectivity index (χ0) is 23.7. The highest BCUT2D eigenvalue weighted by molar-refractivity contribution is 7.99. The van der Waals surface area contributed by atoms with Crippen LogP contribution in [0.5, 0.6) is 0 Å². The average molecular weight is 487 g/mol. The van der Waals surface area contributed by atoms with Gasteiger partial charge in [0.1, 0.15) is 10.6 Å². The van der Waals surface area contributed by atoms with Crippen LogP contribution in [-0.4, -0.2) is 21.1 Å². The van der Waals surface area contributed by atoms with E-state index in [1.54, 1.807) is 12.1 Å². The molecule has 34 heavy (non-hydrogen) atoms. The van der Waals surface area contributed by atoms with Gasteiger partial charge in [0.15, 0.2) is 10.9 Å². The number of aryl methyl sites for hydroxylation is 1. The second-order valence-electron chi connectivity index (χ2n) is 7.76. The van der Waals surface area contributed by atoms with Gasteiger partial charge in [0.2, 0.25) is 0 Å². The van der Waals surface area contributed by atoms with Crippen LogP contribution in [0.1, 0.15) is 15.9 Å². The number of carbonyl (C=O) groups is 1. The first-order valence-electron chi connectivity index (χ1n) is 10.6. The van der Waals surface area contributed by atoms with Crippen LogP contribution in [0, 0.1) is 12.7 Å². The molecule has 0 aliphatic carbocycles. The van der Waals surface area contributed by atoms with Gasteiger partial charge in [0.25, 0.3) is 5.56 Å². The van der Waals surface area contributed by atoms with E-state index >= 15 is 0 Å². The van der Waals surface area contributed by atoms with Gasteiger partial charge in [-0.3, -0.25) is 14.2 Å². The van der Waals surface area contributed by atoms with Crippen LogP contribution in [0.25, 0.3) is 27.0 Å². The number of carbonyl (C=O) groups excluding carboxylic acids is 1. The molecule has 168 valence electrons. The minimum absolute atomic E-state index is 0.0301. The minimum Gasteiger partial charge on any atom is -0.293 e. The number of hydrogen-bond donors (Lipinski definition) is 0. The molecule has 0 fully saturated rings. The van der Waals surface area contributed by atoms with Crippen LogP contribution in [0.2, 0.25) is 0 Å². The molecule has 5 rings (SSSR count). The molecule has 2 aromatic heterocycles. The molecule has 2 heterocycles. The van der Waals surface area contributed by atoms with Gasteiger partial charge in [-0.15, -0.1) is 11.3 Å². The van der Waals surface area contributed by atoms with Crippen molar-refractivity contribution in [1.82, 2.24) is 9.55 Å². The third kappa shape index (κ3) is 4.20. The SMILES string of the molecule is Cc1ccc(-c2csc3nc(SCC(=O)c4ccccc4F)n(-c4ccccc4)c(=O)c23)cc1. The Morgan fingerprint density at radius 2 is 1.71 bits per heavy atom. The van der Waals surface area contributed by atoms with E-state index in [-0.39, 0.29) is 22.7 Å². The van der Waals surface area contributed by atoms with Gasteiger partial charge in [-0.05, 0) is 36.8 Å². The molecule has 0 bridgehead atoms. The maximum Gasteiger partial charge on any atom is 0.268 e. The highest BCUT2D eigenvalue weighted by atomic mass is 32.2. The largest absolute Gasteiger partial charge is 0.293 e. The summed E-state index contributed by atoms with van der Waals surface area (Å²) in [6.07, 6.45) is 0. The molecule has 0 saturated heterocycles. The molecule has 0 aliphatic heterocycles. The Morgan fingerprint density at radius 3 is 2.44 bits per heavy atom. The lowest BCUT2D eigenvalue weighted by molar-refractivity contribution is 0.101. The lowest BCUT2D eigenvalue weighted by Gasteiger charge is -2.12. The number of thioether (sulfide) groups is 1. The smallest absolute Gasteiger partial charge is 0.268 e. The minimum atomic E-state index is -0.557. The number of nitrogens with zero attached hydrogens (tertiary/aromatic N) is 2. The Labute approximate surface area is 203 Å². The molecule has 0 saturated carbocycles. The number of Topliss-reactive ketones (excluding diaryl/α,β-unsaturated/α-hetero) is 1. The van der Waals surface area contributed by atoms with Crippen molar-refractivity contribution in [1.29, 1.82) is 0 Å². The summed E-state index contributed by atoms with van der Waals surface area (Å²) in [7, 11) is 0. The Kier molecular flexibility index (Phi) is 6.13. The molecule has 0 radical (unpaired) electrons. The number of thiophene rings is 1. The van der Waals surface area contributed by atoms with Crippen LogP contribution >= 0.6 is 23.1 Å². The Hall–Kier alpha value is -3.55. The Balaban J connectivity index is 1.62. The topological polar surface area (TPSA) is 52.0 Å². The van der Waals surface area contributed by atoms with Crippen molar-refractivity contribution in [2.45, 2.75) is 12.1 Å². The van der Waals surface area contributed by atoms with Gasteiger partial charge in [0.05, 0.1) is 22.4 Å². The van der Waals surface area contributed by atoms with Gasteiger partial charge >= 0.3 is 0 Å². The zero-order valence-electron chi connectivity index (χ0n) is 18.2. The number of rotatable bonds is 6. The van der Waals surface area contributed by atoms with E-state index in [4.69, 9.17) is 4.98 Å². The van der Waals surface area contributed by atoms with E-state index in [0.717, 1.165) is 28.5 Å². The molecule has 0 atom stereocenters. The number of para-hydroxylation sites is 1. The number of hydrogen-bond acceptors (Lipinski definition) is 5. The van der Waals surface area contributed by atoms with E-state index in [2.05, 4.69) is 0 Å². The molecule has 0 spiro atoms. The molecular formula is C27H19FN2O2S2. The first-order chi connectivity index (χ1) is 16.5. The van der Waals surface area contributed by atoms with E-state index in [0.29, 0.717) is 21.1 Å². The first kappa shape index (κ1) is 22.3. The third-order valence-corrected chi connectivity index (χ3v) is 7.27. The highest BCUT2D eigenvalue weighted by Crippen LogP contribution is 2.33. The zero-order valence-corrected chi connectivity index (χ0v) is 19.8. The fraction of sp³-hybridized carbons (Fsp3) is 0.0741. The van der Waals surface area contributed by atoms with Crippen LogP contribution < -0.4 is 5.56 Å². The second-order valence-corrected chi connectivity index (χ2v) is 9.56. The highest BCUT2D eigenvalue weighted by Gasteiger charge is 2.20. The monoisotopic (exact) mass is 486 g/mol. The summed E-state index contributed by atoms with van der Waals surface area (Å²) >= 11 is 2.53. The van der Waals surface area contributed by atoms with E-state index in [9.17, 15) is 14.0 Å². The summed E-state index contributed by atoms with van der Waals surface area (Å²) in [5, 5.41) is 2.88. The predicted molar refractivity (Wildman–Crippen MR) is 137 cm³/mol. The molecule has 3 aromatic carbocycles. The van der Waals surface area contributed by atoms with Gasteiger partial charge in [-0.2, -0.15) is 0 Å². The first-order valence-corrected chi connectivity index (χ1v) is 12.5. The van der Waals surface area contributed by atoms with Crippen LogP contribution in [-0.2, 0) is 0 Å². The number of aromatic nitrogens is 2. The molecular weight excluding hydrogens is 467 g/mol. The number of fused-ring (bicyclic) bond motifs is 1. The summed E-state index contributed by atoms with van der Waals surface area (Å²) < 4.78 is 15.6. The van der Waals surface area contributed by atoms with E-state index in [1.807, 2.05) is 66.9 Å². The van der Waals surface area contributed by atoms with Gasteiger partial charge in [0, 0.05) is 10.9 Å². The maximum atomic E-state index is 14.1. The van der Waals surface area contributed by atoms with Crippen molar-refractivity contribution in [3.63, 3.8) is 0 Å². The predicted octanol–water partition coefficient (Wildman–Crippen LogP) is 6.54. The van der Waals surface area contributed by atoms with Crippen molar-refractivity contribution < 1.29 is 9.18 Å². The van der Waals surface area contributed by atoms with Crippen molar-refractivity contribution in [3.05, 3.63) is 112 Å². The van der Waals surface area contributed by atoms with E-state index < -0.39 is 5.82 Å². The van der Waals surface area contributed by atoms with Crippen LogP contribution in [0.4, 0.5) is 4.39 Å². The van der Waals surface area contributed by atoms with Crippen LogP contribution in [0.15, 0.2) is 94.2 Å². The Bertz CT molecular complexity index is 1560. The summed E-state index contributed by atoms with van der Waals surface area (Å²) in [6.45, 7) is 2.02. The van der Waals surface area contributed by atoms with Gasteiger partial charge in [-0.25, -0.2) is 9.37 Å². The van der Waals surface area contributed by atoms with Crippen molar-refractivity contribution in [2.24, 2.45) is 0 Å². The molecule has 0 amide bonds. The summed E-state index contributed by atoms with van der Waals surface area (Å²) in [6, 6.07) is 23.2. The van der Waals surface area contributed by atoms with Gasteiger partial charge in [-0.1, -0.05) is 71.9 Å². The maximum absolute atomic E-state index is 14.1. The van der Waals surface area contributed by atoms with Crippen molar-refractivity contribution >= 4 is 39.1 Å². The fourth-order valence-corrected chi connectivity index (χ4v) is 5.60. The summed E-state index contributed by atoms with van der Waals surface area (Å²) in [5.74, 6) is -0.955. The molecule has 0 unspecified atom stereocenters. The molecule has 4 nitrogen and oxygen atoms in total. The quantitative estimate of drug-likeness (QED) is 0.155. The van der Waals surface area contributed by atoms with Crippen molar-refractivity contribution in [2.75, 3.05) is 5.75 Å². The molecule has 7 heteroatoms. The molecule has 0 N–H and O–H groups in total. The van der Waals surface area contributed by atoms with Gasteiger partial charge < -0.3 is 0 Å². The van der Waals surface area contributed by atoms with Crippen LogP contribution in [0.3, 0.4) is 0 Å². The normalized spacial score (nSPS) is 11.1. The molecule has 0 aliphatic rings. The average Bonchev–Trinajstić information content (AvgIpc) is 3.28. The number of ketones is 1. The summed E-state index contributed by atoms with van der Waals surface area (Å²) in [4.78, 5) is 31.9. The Morgan fingerprint density at radius 1 is 1.00 bits per heavy atom. The van der Waals surface area contributed by atoms with E-state index in [1.165, 1.54) is 28.0 Å². The third-order valence-electron chi connectivity index (χ3n) is 5.46. The number of benzene rings is 3. The lowest BCUT2D eigenvalue weighted by atomic mass is 10.1. The second kappa shape index (κ2) is 9.37. The number of halogens is 1. The summed E-state index contributed by atoms with van der Waals surface area (Å²) in [5.41, 5.74) is 3.41.